The Bertz CT molecular complexity index is 766. The Labute approximate surface area is 145 Å². The number of carbonyl (C=O) groups is 1. The van der Waals surface area contributed by atoms with Crippen LogP contribution in [0, 0.1) is 11.6 Å². The first-order valence-corrected chi connectivity index (χ1v) is 7.76. The van der Waals surface area contributed by atoms with E-state index in [0.717, 1.165) is 23.9 Å². The number of amides is 1. The van der Waals surface area contributed by atoms with Gasteiger partial charge in [-0.1, -0.05) is 32.9 Å². The molecule has 0 aliphatic heterocycles. The highest BCUT2D eigenvalue weighted by Gasteiger charge is 2.13. The van der Waals surface area contributed by atoms with Crippen molar-refractivity contribution in [2.24, 2.45) is 5.10 Å². The molecule has 0 bridgehead atoms. The Morgan fingerprint density at radius 2 is 1.84 bits per heavy atom. The second kappa shape index (κ2) is 7.88. The van der Waals surface area contributed by atoms with Crippen molar-refractivity contribution in [2.75, 3.05) is 6.61 Å². The van der Waals surface area contributed by atoms with Gasteiger partial charge in [0.1, 0.15) is 17.4 Å². The van der Waals surface area contributed by atoms with E-state index in [1.54, 1.807) is 12.1 Å². The lowest BCUT2D eigenvalue weighted by atomic mass is 9.87. The zero-order valence-electron chi connectivity index (χ0n) is 14.3. The molecule has 25 heavy (non-hydrogen) atoms. The van der Waals surface area contributed by atoms with Gasteiger partial charge in [-0.25, -0.2) is 14.2 Å². The number of benzene rings is 2. The third kappa shape index (κ3) is 5.67. The predicted octanol–water partition coefficient (Wildman–Crippen LogP) is 3.79. The Hall–Kier alpha value is -2.76. The second-order valence-corrected chi connectivity index (χ2v) is 6.52. The summed E-state index contributed by atoms with van der Waals surface area (Å²) in [4.78, 5) is 11.7. The van der Waals surface area contributed by atoms with Crippen molar-refractivity contribution < 1.29 is 18.3 Å². The minimum Gasteiger partial charge on any atom is -0.484 e. The maximum absolute atomic E-state index is 13.4. The summed E-state index contributed by atoms with van der Waals surface area (Å²) in [7, 11) is 0. The zero-order valence-corrected chi connectivity index (χ0v) is 14.3. The summed E-state index contributed by atoms with van der Waals surface area (Å²) in [5.74, 6) is -1.35. The third-order valence-electron chi connectivity index (χ3n) is 3.45. The number of ether oxygens (including phenoxy) is 1. The lowest BCUT2D eigenvalue weighted by Gasteiger charge is -2.19. The van der Waals surface area contributed by atoms with E-state index in [0.29, 0.717) is 5.75 Å². The SMILES string of the molecule is CC(C)(C)c1ccc(OCC(=O)N/N=C/c2ccc(F)cc2F)cc1. The molecule has 0 aliphatic carbocycles. The molecule has 2 aromatic carbocycles. The minimum absolute atomic E-state index is 0.0419. The van der Waals surface area contributed by atoms with Crippen LogP contribution in [0.25, 0.3) is 0 Å². The van der Waals surface area contributed by atoms with Crippen molar-refractivity contribution in [1.29, 1.82) is 0 Å². The average molecular weight is 346 g/mol. The number of carbonyl (C=O) groups excluding carboxylic acids is 1. The van der Waals surface area contributed by atoms with E-state index in [4.69, 9.17) is 4.74 Å². The first kappa shape index (κ1) is 18.6. The van der Waals surface area contributed by atoms with Crippen LogP contribution < -0.4 is 10.2 Å². The smallest absolute Gasteiger partial charge is 0.277 e. The molecule has 0 heterocycles. The first-order valence-electron chi connectivity index (χ1n) is 7.76. The number of hydrazone groups is 1. The first-order chi connectivity index (χ1) is 11.8. The molecule has 0 unspecified atom stereocenters. The molecule has 0 spiro atoms. The molecular formula is C19H20F2N2O2. The molecule has 0 fully saturated rings. The lowest BCUT2D eigenvalue weighted by Crippen LogP contribution is -2.24. The van der Waals surface area contributed by atoms with Gasteiger partial charge in [0, 0.05) is 11.6 Å². The van der Waals surface area contributed by atoms with Gasteiger partial charge < -0.3 is 4.74 Å². The summed E-state index contributed by atoms with van der Waals surface area (Å²) in [6, 6.07) is 10.6. The Morgan fingerprint density at radius 1 is 1.16 bits per heavy atom. The maximum Gasteiger partial charge on any atom is 0.277 e. The van der Waals surface area contributed by atoms with Gasteiger partial charge in [0.15, 0.2) is 6.61 Å². The van der Waals surface area contributed by atoms with Crippen molar-refractivity contribution >= 4 is 12.1 Å². The van der Waals surface area contributed by atoms with Crippen molar-refractivity contribution in [1.82, 2.24) is 5.43 Å². The molecule has 4 nitrogen and oxygen atoms in total. The Morgan fingerprint density at radius 3 is 2.44 bits per heavy atom. The summed E-state index contributed by atoms with van der Waals surface area (Å²) in [5.41, 5.74) is 3.50. The number of nitrogens with zero attached hydrogens (tertiary/aromatic N) is 1. The number of halogens is 2. The van der Waals surface area contributed by atoms with Gasteiger partial charge in [-0.05, 0) is 35.2 Å². The van der Waals surface area contributed by atoms with Crippen molar-refractivity contribution in [3.8, 4) is 5.75 Å². The molecule has 0 saturated heterocycles. The standard InChI is InChI=1S/C19H20F2N2O2/c1-19(2,3)14-5-8-16(9-6-14)25-12-18(24)23-22-11-13-4-7-15(20)10-17(13)21/h4-11H,12H2,1-3H3,(H,23,24)/b22-11+. The number of nitrogens with one attached hydrogen (secondary N) is 1. The van der Waals surface area contributed by atoms with Crippen LogP contribution in [0.1, 0.15) is 31.9 Å². The van der Waals surface area contributed by atoms with Crippen molar-refractivity contribution in [2.45, 2.75) is 26.2 Å². The number of hydrogen-bond donors (Lipinski definition) is 1. The largest absolute Gasteiger partial charge is 0.484 e. The molecule has 2 aromatic rings. The van der Waals surface area contributed by atoms with E-state index in [2.05, 4.69) is 31.3 Å². The highest BCUT2D eigenvalue weighted by Crippen LogP contribution is 2.24. The highest BCUT2D eigenvalue weighted by molar-refractivity contribution is 5.83. The Kier molecular flexibility index (Phi) is 5.85. The maximum atomic E-state index is 13.4. The normalized spacial score (nSPS) is 11.6. The van der Waals surface area contributed by atoms with E-state index in [1.807, 2.05) is 12.1 Å². The molecule has 0 aliphatic rings. The summed E-state index contributed by atoms with van der Waals surface area (Å²) >= 11 is 0. The summed E-state index contributed by atoms with van der Waals surface area (Å²) in [6.07, 6.45) is 1.10. The zero-order chi connectivity index (χ0) is 18.4. The lowest BCUT2D eigenvalue weighted by molar-refractivity contribution is -0.123. The molecule has 0 atom stereocenters. The predicted molar refractivity (Wildman–Crippen MR) is 92.7 cm³/mol. The fourth-order valence-corrected chi connectivity index (χ4v) is 2.01. The molecule has 6 heteroatoms. The summed E-state index contributed by atoms with van der Waals surface area (Å²) in [5, 5.41) is 3.62. The van der Waals surface area contributed by atoms with E-state index >= 15 is 0 Å². The molecule has 0 aromatic heterocycles. The Balaban J connectivity index is 1.83. The van der Waals surface area contributed by atoms with Crippen LogP contribution in [-0.2, 0) is 10.2 Å². The molecule has 0 saturated carbocycles. The molecule has 1 N–H and O–H groups in total. The molecule has 2 rings (SSSR count). The van der Waals surface area contributed by atoms with Crippen LogP contribution in [0.4, 0.5) is 8.78 Å². The van der Waals surface area contributed by atoms with E-state index < -0.39 is 17.5 Å². The molecule has 1 amide bonds. The van der Waals surface area contributed by atoms with Gasteiger partial charge in [-0.3, -0.25) is 4.79 Å². The van der Waals surface area contributed by atoms with Gasteiger partial charge in [0.2, 0.25) is 0 Å². The van der Waals surface area contributed by atoms with Crippen LogP contribution in [0.5, 0.6) is 5.75 Å². The van der Waals surface area contributed by atoms with Crippen LogP contribution in [-0.4, -0.2) is 18.7 Å². The van der Waals surface area contributed by atoms with Gasteiger partial charge >= 0.3 is 0 Å². The molecule has 132 valence electrons. The topological polar surface area (TPSA) is 50.7 Å². The van der Waals surface area contributed by atoms with Crippen LogP contribution in [0.2, 0.25) is 0 Å². The van der Waals surface area contributed by atoms with Crippen molar-refractivity contribution in [3.05, 3.63) is 65.2 Å². The van der Waals surface area contributed by atoms with Gasteiger partial charge in [-0.15, -0.1) is 0 Å². The minimum atomic E-state index is -0.756. The van der Waals surface area contributed by atoms with Gasteiger partial charge in [-0.2, -0.15) is 5.10 Å². The van der Waals surface area contributed by atoms with E-state index in [9.17, 15) is 13.6 Å². The second-order valence-electron chi connectivity index (χ2n) is 6.52. The fraction of sp³-hybridized carbons (Fsp3) is 0.263. The van der Waals surface area contributed by atoms with Gasteiger partial charge in [0.25, 0.3) is 5.91 Å². The highest BCUT2D eigenvalue weighted by atomic mass is 19.1. The summed E-state index contributed by atoms with van der Waals surface area (Å²) in [6.45, 7) is 6.10. The van der Waals surface area contributed by atoms with Crippen LogP contribution in [0.15, 0.2) is 47.6 Å². The van der Waals surface area contributed by atoms with Crippen molar-refractivity contribution in [3.63, 3.8) is 0 Å². The van der Waals surface area contributed by atoms with Gasteiger partial charge in [0.05, 0.1) is 6.21 Å². The molecular weight excluding hydrogens is 326 g/mol. The quantitative estimate of drug-likeness (QED) is 0.661. The molecule has 0 radical (unpaired) electrons. The fourth-order valence-electron chi connectivity index (χ4n) is 2.01. The summed E-state index contributed by atoms with van der Waals surface area (Å²) < 4.78 is 31.5. The van der Waals surface area contributed by atoms with E-state index in [-0.39, 0.29) is 17.6 Å². The van der Waals surface area contributed by atoms with Crippen LogP contribution >= 0.6 is 0 Å². The monoisotopic (exact) mass is 346 g/mol. The number of rotatable bonds is 5. The third-order valence-corrected chi connectivity index (χ3v) is 3.45. The van der Waals surface area contributed by atoms with Crippen LogP contribution in [0.3, 0.4) is 0 Å². The number of hydrogen-bond acceptors (Lipinski definition) is 3. The van der Waals surface area contributed by atoms with E-state index in [1.165, 1.54) is 6.07 Å². The average Bonchev–Trinajstić information content (AvgIpc) is 2.54.